The van der Waals surface area contributed by atoms with Gasteiger partial charge in [0.2, 0.25) is 0 Å². The molecule has 0 aliphatic carbocycles. The topological polar surface area (TPSA) is 73.7 Å². The van der Waals surface area contributed by atoms with Crippen LogP contribution in [0.3, 0.4) is 0 Å². The zero-order valence-electron chi connectivity index (χ0n) is 18.0. The Morgan fingerprint density at radius 2 is 1.61 bits per heavy atom. The lowest BCUT2D eigenvalue weighted by Gasteiger charge is -2.30. The van der Waals surface area contributed by atoms with Gasteiger partial charge < -0.3 is 14.4 Å². The molecule has 0 spiro atoms. The lowest BCUT2D eigenvalue weighted by Crippen LogP contribution is -2.40. The maximum absolute atomic E-state index is 13.3. The Kier molecular flexibility index (Phi) is 6.67. The summed E-state index contributed by atoms with van der Waals surface area (Å²) in [6, 6.07) is 11.5. The van der Waals surface area contributed by atoms with Gasteiger partial charge in [-0.1, -0.05) is 12.1 Å². The zero-order chi connectivity index (χ0) is 23.4. The van der Waals surface area contributed by atoms with Gasteiger partial charge >= 0.3 is 5.97 Å². The van der Waals surface area contributed by atoms with Crippen LogP contribution in [0.1, 0.15) is 28.9 Å². The first-order valence-electron chi connectivity index (χ1n) is 10.5. The van der Waals surface area contributed by atoms with Crippen LogP contribution in [0.4, 0.5) is 8.78 Å². The summed E-state index contributed by atoms with van der Waals surface area (Å²) in [5, 5.41) is 4.41. The zero-order valence-corrected chi connectivity index (χ0v) is 18.0. The minimum Gasteiger partial charge on any atom is -0.485 e. The van der Waals surface area contributed by atoms with E-state index in [4.69, 9.17) is 9.47 Å². The molecule has 7 nitrogen and oxygen atoms in total. The molecular formula is C24H23F2N3O4. The Hall–Kier alpha value is -3.75. The van der Waals surface area contributed by atoms with Gasteiger partial charge in [-0.2, -0.15) is 5.10 Å². The van der Waals surface area contributed by atoms with E-state index in [1.54, 1.807) is 35.4 Å². The van der Waals surface area contributed by atoms with Crippen LogP contribution in [0.15, 0.2) is 54.7 Å². The molecule has 0 N–H and O–H groups in total. The number of carbonyl (C=O) groups excluding carboxylic acids is 2. The van der Waals surface area contributed by atoms with E-state index in [9.17, 15) is 18.4 Å². The van der Waals surface area contributed by atoms with Crippen molar-refractivity contribution in [1.29, 1.82) is 0 Å². The summed E-state index contributed by atoms with van der Waals surface area (Å²) in [4.78, 5) is 26.7. The lowest BCUT2D eigenvalue weighted by atomic mass is 9.97. The Bertz CT molecular complexity index is 1120. The van der Waals surface area contributed by atoms with E-state index in [0.717, 1.165) is 5.56 Å². The maximum Gasteiger partial charge on any atom is 0.308 e. The minimum absolute atomic E-state index is 0.109. The molecule has 0 atom stereocenters. The number of halogens is 2. The molecule has 0 radical (unpaired) electrons. The van der Waals surface area contributed by atoms with Crippen molar-refractivity contribution in [1.82, 2.24) is 14.7 Å². The van der Waals surface area contributed by atoms with Gasteiger partial charge in [0, 0.05) is 13.1 Å². The van der Waals surface area contributed by atoms with Gasteiger partial charge in [-0.25, -0.2) is 13.5 Å². The van der Waals surface area contributed by atoms with Crippen molar-refractivity contribution in [3.8, 4) is 11.4 Å². The molecule has 0 saturated carbocycles. The molecule has 1 aliphatic rings. The van der Waals surface area contributed by atoms with Gasteiger partial charge in [-0.05, 0) is 54.8 Å². The highest BCUT2D eigenvalue weighted by Gasteiger charge is 2.31. The third-order valence-corrected chi connectivity index (χ3v) is 5.60. The number of likely N-dealkylation sites (tertiary alicyclic amines) is 1. The first-order chi connectivity index (χ1) is 15.9. The van der Waals surface area contributed by atoms with Crippen LogP contribution in [-0.2, 0) is 16.1 Å². The normalized spacial score (nSPS) is 14.2. The predicted molar refractivity (Wildman–Crippen MR) is 115 cm³/mol. The second kappa shape index (κ2) is 9.81. The Balaban J connectivity index is 1.56. The molecule has 9 heteroatoms. The highest BCUT2D eigenvalue weighted by Crippen LogP contribution is 2.26. The van der Waals surface area contributed by atoms with Crippen molar-refractivity contribution in [3.05, 3.63) is 77.6 Å². The molecule has 2 aromatic carbocycles. The van der Waals surface area contributed by atoms with Gasteiger partial charge in [0.15, 0.2) is 11.4 Å². The standard InChI is InChI=1S/C24H23F2N3O4/c1-32-24(31)17-10-12-28(13-11-17)23(30)22-21(33-15-16-2-4-18(25)5-3-16)14-29(27-22)20-8-6-19(26)7-9-20/h2-9,14,17H,10-13,15H2,1H3. The SMILES string of the molecule is COC(=O)C1CCN(C(=O)c2nn(-c3ccc(F)cc3)cc2OCc2ccc(F)cc2)CC1. The molecule has 1 aromatic heterocycles. The smallest absolute Gasteiger partial charge is 0.308 e. The second-order valence-corrected chi connectivity index (χ2v) is 7.77. The van der Waals surface area contributed by atoms with E-state index in [-0.39, 0.29) is 47.5 Å². The fourth-order valence-electron chi connectivity index (χ4n) is 3.71. The third kappa shape index (κ3) is 5.19. The number of hydrogen-bond donors (Lipinski definition) is 0. The summed E-state index contributed by atoms with van der Waals surface area (Å²) in [6.45, 7) is 0.888. The van der Waals surface area contributed by atoms with E-state index >= 15 is 0 Å². The summed E-state index contributed by atoms with van der Waals surface area (Å²) < 4.78 is 38.7. The van der Waals surface area contributed by atoms with Gasteiger partial charge in [0.25, 0.3) is 5.91 Å². The number of aromatic nitrogens is 2. The van der Waals surface area contributed by atoms with Gasteiger partial charge in [0.05, 0.1) is 24.9 Å². The van der Waals surface area contributed by atoms with E-state index in [2.05, 4.69) is 5.10 Å². The average Bonchev–Trinajstić information content (AvgIpc) is 3.27. The van der Waals surface area contributed by atoms with Gasteiger partial charge in [-0.15, -0.1) is 0 Å². The minimum atomic E-state index is -0.386. The third-order valence-electron chi connectivity index (χ3n) is 5.60. The number of piperidine rings is 1. The number of carbonyl (C=O) groups is 2. The number of rotatable bonds is 6. The number of ether oxygens (including phenoxy) is 2. The number of nitrogens with zero attached hydrogens (tertiary/aromatic N) is 3. The van der Waals surface area contributed by atoms with Crippen LogP contribution in [0.5, 0.6) is 5.75 Å². The summed E-state index contributed by atoms with van der Waals surface area (Å²) in [5.41, 5.74) is 1.40. The molecule has 3 aromatic rings. The fourth-order valence-corrected chi connectivity index (χ4v) is 3.71. The van der Waals surface area contributed by atoms with Crippen molar-refractivity contribution < 1.29 is 27.8 Å². The summed E-state index contributed by atoms with van der Waals surface area (Å²) >= 11 is 0. The molecule has 1 fully saturated rings. The van der Waals surface area contributed by atoms with E-state index in [0.29, 0.717) is 31.6 Å². The molecule has 1 saturated heterocycles. The predicted octanol–water partition coefficient (Wildman–Crippen LogP) is 3.75. The number of methoxy groups -OCH3 is 1. The summed E-state index contributed by atoms with van der Waals surface area (Å²) in [5.74, 6) is -1.31. The Morgan fingerprint density at radius 3 is 2.21 bits per heavy atom. The molecule has 0 bridgehead atoms. The van der Waals surface area contributed by atoms with Crippen LogP contribution < -0.4 is 4.74 Å². The van der Waals surface area contributed by atoms with Crippen LogP contribution >= 0.6 is 0 Å². The maximum atomic E-state index is 13.3. The lowest BCUT2D eigenvalue weighted by molar-refractivity contribution is -0.146. The number of hydrogen-bond acceptors (Lipinski definition) is 5. The van der Waals surface area contributed by atoms with E-state index in [1.165, 1.54) is 36.1 Å². The molecule has 2 heterocycles. The molecule has 4 rings (SSSR count). The van der Waals surface area contributed by atoms with Crippen molar-refractivity contribution in [2.45, 2.75) is 19.4 Å². The van der Waals surface area contributed by atoms with Crippen molar-refractivity contribution in [3.63, 3.8) is 0 Å². The summed E-state index contributed by atoms with van der Waals surface area (Å²) in [7, 11) is 1.35. The first-order valence-corrected chi connectivity index (χ1v) is 10.5. The number of benzene rings is 2. The average molecular weight is 455 g/mol. The molecule has 33 heavy (non-hydrogen) atoms. The first kappa shape index (κ1) is 22.4. The number of esters is 1. The fraction of sp³-hybridized carbons (Fsp3) is 0.292. The van der Waals surface area contributed by atoms with E-state index in [1.807, 2.05) is 0 Å². The van der Waals surface area contributed by atoms with Gasteiger partial charge in [-0.3, -0.25) is 9.59 Å². The van der Waals surface area contributed by atoms with Crippen LogP contribution in [0.25, 0.3) is 5.69 Å². The monoisotopic (exact) mass is 455 g/mol. The molecule has 1 amide bonds. The highest BCUT2D eigenvalue weighted by molar-refractivity contribution is 5.95. The molecule has 172 valence electrons. The molecule has 1 aliphatic heterocycles. The molecule has 0 unspecified atom stereocenters. The van der Waals surface area contributed by atoms with Crippen LogP contribution in [0.2, 0.25) is 0 Å². The highest BCUT2D eigenvalue weighted by atomic mass is 19.1. The van der Waals surface area contributed by atoms with Crippen LogP contribution in [0, 0.1) is 17.6 Å². The quantitative estimate of drug-likeness (QED) is 0.530. The van der Waals surface area contributed by atoms with Crippen molar-refractivity contribution in [2.24, 2.45) is 5.92 Å². The van der Waals surface area contributed by atoms with Crippen molar-refractivity contribution in [2.75, 3.05) is 20.2 Å². The number of amides is 1. The van der Waals surface area contributed by atoms with Crippen LogP contribution in [-0.4, -0.2) is 46.8 Å². The van der Waals surface area contributed by atoms with E-state index < -0.39 is 0 Å². The Labute approximate surface area is 189 Å². The van der Waals surface area contributed by atoms with Gasteiger partial charge in [0.1, 0.15) is 18.2 Å². The second-order valence-electron chi connectivity index (χ2n) is 7.77. The van der Waals surface area contributed by atoms with Crippen molar-refractivity contribution >= 4 is 11.9 Å². The largest absolute Gasteiger partial charge is 0.485 e. The Morgan fingerprint density at radius 1 is 1.00 bits per heavy atom. The summed E-state index contributed by atoms with van der Waals surface area (Å²) in [6.07, 6.45) is 2.57. The molecular weight excluding hydrogens is 432 g/mol.